The first-order chi connectivity index (χ1) is 10.6. The number of amides is 2. The van der Waals surface area contributed by atoms with Gasteiger partial charge >= 0.3 is 6.03 Å². The van der Waals surface area contributed by atoms with Crippen molar-refractivity contribution in [1.29, 1.82) is 0 Å². The number of benzene rings is 2. The average Bonchev–Trinajstić information content (AvgIpc) is 2.55. The normalized spacial score (nSPS) is 11.6. The van der Waals surface area contributed by atoms with Crippen LogP contribution in [-0.4, -0.2) is 24.9 Å². The van der Waals surface area contributed by atoms with E-state index in [2.05, 4.69) is 10.6 Å². The van der Waals surface area contributed by atoms with Gasteiger partial charge in [-0.1, -0.05) is 36.4 Å². The highest BCUT2D eigenvalue weighted by Gasteiger charge is 2.14. The minimum absolute atomic E-state index is 0.172. The van der Waals surface area contributed by atoms with Crippen LogP contribution in [0.2, 0.25) is 0 Å². The first-order valence-corrected chi connectivity index (χ1v) is 7.02. The van der Waals surface area contributed by atoms with Crippen LogP contribution in [0.15, 0.2) is 48.5 Å². The van der Waals surface area contributed by atoms with Crippen LogP contribution in [0.1, 0.15) is 17.2 Å². The van der Waals surface area contributed by atoms with Crippen LogP contribution in [0.5, 0.6) is 5.75 Å². The molecule has 0 aliphatic heterocycles. The van der Waals surface area contributed by atoms with Gasteiger partial charge < -0.3 is 20.5 Å². The second-order valence-electron chi connectivity index (χ2n) is 4.93. The second-order valence-corrected chi connectivity index (χ2v) is 4.93. The Balaban J connectivity index is 2.06. The molecule has 3 N–H and O–H groups in total. The maximum absolute atomic E-state index is 12.1. The highest BCUT2D eigenvalue weighted by atomic mass is 16.5. The average molecular weight is 300 g/mol. The molecule has 0 heterocycles. The molecule has 2 rings (SSSR count). The Morgan fingerprint density at radius 3 is 2.59 bits per heavy atom. The molecule has 0 radical (unpaired) electrons. The molecule has 0 aromatic heterocycles. The van der Waals surface area contributed by atoms with Crippen LogP contribution in [0, 0.1) is 6.92 Å². The van der Waals surface area contributed by atoms with Gasteiger partial charge in [0.05, 0.1) is 19.8 Å². The molecule has 0 fully saturated rings. The van der Waals surface area contributed by atoms with Crippen molar-refractivity contribution in [2.75, 3.05) is 19.0 Å². The molecular weight excluding hydrogens is 280 g/mol. The number of aryl methyl sites for hydroxylation is 1. The van der Waals surface area contributed by atoms with E-state index in [1.807, 2.05) is 49.4 Å². The fourth-order valence-corrected chi connectivity index (χ4v) is 2.10. The van der Waals surface area contributed by atoms with Gasteiger partial charge in [-0.25, -0.2) is 4.79 Å². The molecule has 1 atom stereocenters. The zero-order valence-electron chi connectivity index (χ0n) is 12.7. The van der Waals surface area contributed by atoms with E-state index in [-0.39, 0.29) is 12.6 Å². The van der Waals surface area contributed by atoms with Gasteiger partial charge in [0.25, 0.3) is 0 Å². The van der Waals surface area contributed by atoms with Crippen LogP contribution in [-0.2, 0) is 0 Å². The number of hydrogen-bond donors (Lipinski definition) is 3. The Kier molecular flexibility index (Phi) is 5.38. The Morgan fingerprint density at radius 2 is 1.95 bits per heavy atom. The van der Waals surface area contributed by atoms with E-state index in [0.29, 0.717) is 11.4 Å². The smallest absolute Gasteiger partial charge is 0.319 e. The van der Waals surface area contributed by atoms with Crippen LogP contribution in [0.4, 0.5) is 10.5 Å². The lowest BCUT2D eigenvalue weighted by molar-refractivity contribution is 0.225. The second kappa shape index (κ2) is 7.47. The number of hydrogen-bond acceptors (Lipinski definition) is 3. The fraction of sp³-hybridized carbons (Fsp3) is 0.235. The van der Waals surface area contributed by atoms with Crippen molar-refractivity contribution in [2.24, 2.45) is 0 Å². The first-order valence-electron chi connectivity index (χ1n) is 7.02. The van der Waals surface area contributed by atoms with Gasteiger partial charge in [-0.15, -0.1) is 0 Å². The predicted octanol–water partition coefficient (Wildman–Crippen LogP) is 2.86. The third-order valence-electron chi connectivity index (χ3n) is 3.38. The number of carbonyl (C=O) groups is 1. The number of ether oxygens (including phenoxy) is 1. The zero-order chi connectivity index (χ0) is 15.9. The highest BCUT2D eigenvalue weighted by Crippen LogP contribution is 2.22. The quantitative estimate of drug-likeness (QED) is 0.795. The number of rotatable bonds is 5. The highest BCUT2D eigenvalue weighted by molar-refractivity contribution is 5.90. The summed E-state index contributed by atoms with van der Waals surface area (Å²) in [5.74, 6) is 0.669. The molecule has 0 spiro atoms. The molecule has 2 amide bonds. The molecule has 2 aromatic carbocycles. The van der Waals surface area contributed by atoms with Crippen molar-refractivity contribution >= 4 is 11.7 Å². The first kappa shape index (κ1) is 15.9. The summed E-state index contributed by atoms with van der Waals surface area (Å²) in [6, 6.07) is 14.0. The summed E-state index contributed by atoms with van der Waals surface area (Å²) in [4.78, 5) is 12.1. The number of aliphatic hydroxyl groups is 1. The molecule has 116 valence electrons. The number of urea groups is 1. The van der Waals surface area contributed by atoms with Crippen LogP contribution in [0.3, 0.4) is 0 Å². The van der Waals surface area contributed by atoms with E-state index in [1.54, 1.807) is 13.2 Å². The molecule has 0 saturated heterocycles. The SMILES string of the molecule is COc1ccc(C)c(NC(=O)N[C@H](CO)c2ccccc2)c1. The Labute approximate surface area is 129 Å². The van der Waals surface area contributed by atoms with Gasteiger partial charge in [-0.3, -0.25) is 0 Å². The number of nitrogens with one attached hydrogen (secondary N) is 2. The predicted molar refractivity (Wildman–Crippen MR) is 86.2 cm³/mol. The van der Waals surface area contributed by atoms with E-state index in [4.69, 9.17) is 4.74 Å². The van der Waals surface area contributed by atoms with E-state index < -0.39 is 6.04 Å². The molecular formula is C17H20N2O3. The van der Waals surface area contributed by atoms with E-state index in [9.17, 15) is 9.90 Å². The van der Waals surface area contributed by atoms with E-state index in [0.717, 1.165) is 11.1 Å². The number of aliphatic hydroxyl groups excluding tert-OH is 1. The molecule has 0 saturated carbocycles. The molecule has 0 bridgehead atoms. The summed E-state index contributed by atoms with van der Waals surface area (Å²) in [6.07, 6.45) is 0. The molecule has 0 unspecified atom stereocenters. The topological polar surface area (TPSA) is 70.6 Å². The summed E-state index contributed by atoms with van der Waals surface area (Å²) in [5, 5.41) is 15.0. The maximum atomic E-state index is 12.1. The van der Waals surface area contributed by atoms with Gasteiger partial charge in [-0.05, 0) is 24.1 Å². The standard InChI is InChI=1S/C17H20N2O3/c1-12-8-9-14(22-2)10-15(12)18-17(21)19-16(11-20)13-6-4-3-5-7-13/h3-10,16,20H,11H2,1-2H3,(H2,18,19,21)/t16-/m1/s1. The third kappa shape index (κ3) is 3.99. The summed E-state index contributed by atoms with van der Waals surface area (Å²) >= 11 is 0. The molecule has 0 aliphatic carbocycles. The largest absolute Gasteiger partial charge is 0.497 e. The lowest BCUT2D eigenvalue weighted by atomic mass is 10.1. The summed E-state index contributed by atoms with van der Waals surface area (Å²) in [6.45, 7) is 1.73. The number of methoxy groups -OCH3 is 1. The van der Waals surface area contributed by atoms with Crippen LogP contribution in [0.25, 0.3) is 0 Å². The van der Waals surface area contributed by atoms with Crippen LogP contribution >= 0.6 is 0 Å². The van der Waals surface area contributed by atoms with Crippen LogP contribution < -0.4 is 15.4 Å². The number of anilines is 1. The van der Waals surface area contributed by atoms with Gasteiger partial charge in [-0.2, -0.15) is 0 Å². The number of carbonyl (C=O) groups excluding carboxylic acids is 1. The van der Waals surface area contributed by atoms with Crippen molar-refractivity contribution in [1.82, 2.24) is 5.32 Å². The lowest BCUT2D eigenvalue weighted by Gasteiger charge is -2.18. The molecule has 5 nitrogen and oxygen atoms in total. The fourth-order valence-electron chi connectivity index (χ4n) is 2.10. The zero-order valence-corrected chi connectivity index (χ0v) is 12.7. The minimum Gasteiger partial charge on any atom is -0.497 e. The van der Waals surface area contributed by atoms with Crippen molar-refractivity contribution in [3.8, 4) is 5.75 Å². The summed E-state index contributed by atoms with van der Waals surface area (Å²) in [7, 11) is 1.58. The Morgan fingerprint density at radius 1 is 1.23 bits per heavy atom. The third-order valence-corrected chi connectivity index (χ3v) is 3.38. The monoisotopic (exact) mass is 300 g/mol. The molecule has 2 aromatic rings. The molecule has 22 heavy (non-hydrogen) atoms. The summed E-state index contributed by atoms with van der Waals surface area (Å²) < 4.78 is 5.15. The van der Waals surface area contributed by atoms with Crippen molar-refractivity contribution < 1.29 is 14.6 Å². The van der Waals surface area contributed by atoms with Crippen molar-refractivity contribution in [2.45, 2.75) is 13.0 Å². The molecule has 0 aliphatic rings. The van der Waals surface area contributed by atoms with Crippen molar-refractivity contribution in [3.05, 3.63) is 59.7 Å². The lowest BCUT2D eigenvalue weighted by Crippen LogP contribution is -2.34. The maximum Gasteiger partial charge on any atom is 0.319 e. The van der Waals surface area contributed by atoms with E-state index >= 15 is 0 Å². The summed E-state index contributed by atoms with van der Waals surface area (Å²) in [5.41, 5.74) is 2.44. The Hall–Kier alpha value is -2.53. The molecule has 5 heteroatoms. The van der Waals surface area contributed by atoms with Gasteiger partial charge in [0.15, 0.2) is 0 Å². The van der Waals surface area contributed by atoms with Crippen molar-refractivity contribution in [3.63, 3.8) is 0 Å². The van der Waals surface area contributed by atoms with E-state index in [1.165, 1.54) is 0 Å². The minimum atomic E-state index is -0.452. The Bertz CT molecular complexity index is 629. The van der Waals surface area contributed by atoms with Gasteiger partial charge in [0, 0.05) is 11.8 Å². The van der Waals surface area contributed by atoms with Gasteiger partial charge in [0.2, 0.25) is 0 Å². The van der Waals surface area contributed by atoms with Gasteiger partial charge in [0.1, 0.15) is 5.75 Å².